The zero-order chi connectivity index (χ0) is 15.2. The van der Waals surface area contributed by atoms with Crippen molar-refractivity contribution in [1.29, 1.82) is 0 Å². The fraction of sp³-hybridized carbons (Fsp3) is 0.750. The SMILES string of the molecule is COc1ccnc(N2CCN(CCCN3CCCC3)CC2)n1. The Labute approximate surface area is 133 Å². The van der Waals surface area contributed by atoms with Gasteiger partial charge in [-0.25, -0.2) is 4.98 Å². The molecule has 2 saturated heterocycles. The molecule has 6 nitrogen and oxygen atoms in total. The molecule has 0 atom stereocenters. The van der Waals surface area contributed by atoms with Gasteiger partial charge < -0.3 is 14.5 Å². The Kier molecular flexibility index (Phi) is 5.45. The van der Waals surface area contributed by atoms with E-state index in [9.17, 15) is 0 Å². The van der Waals surface area contributed by atoms with Gasteiger partial charge in [0.15, 0.2) is 0 Å². The van der Waals surface area contributed by atoms with Crippen LogP contribution in [0.25, 0.3) is 0 Å². The molecule has 0 bridgehead atoms. The van der Waals surface area contributed by atoms with Crippen LogP contribution in [0, 0.1) is 0 Å². The molecule has 22 heavy (non-hydrogen) atoms. The van der Waals surface area contributed by atoms with Gasteiger partial charge in [-0.2, -0.15) is 4.98 Å². The van der Waals surface area contributed by atoms with Gasteiger partial charge in [-0.15, -0.1) is 0 Å². The summed E-state index contributed by atoms with van der Waals surface area (Å²) in [7, 11) is 1.64. The van der Waals surface area contributed by atoms with Crippen molar-refractivity contribution in [2.24, 2.45) is 0 Å². The van der Waals surface area contributed by atoms with Crippen molar-refractivity contribution in [3.05, 3.63) is 12.3 Å². The van der Waals surface area contributed by atoms with E-state index >= 15 is 0 Å². The second kappa shape index (κ2) is 7.74. The van der Waals surface area contributed by atoms with E-state index in [-0.39, 0.29) is 0 Å². The lowest BCUT2D eigenvalue weighted by atomic mass is 10.3. The standard InChI is InChI=1S/C16H27N5O/c1-22-15-5-6-17-16(18-15)21-13-11-20(12-14-21)10-4-9-19-7-2-3-8-19/h5-6H,2-4,7-14H2,1H3. The number of ether oxygens (including phenoxy) is 1. The van der Waals surface area contributed by atoms with Crippen molar-refractivity contribution in [1.82, 2.24) is 19.8 Å². The van der Waals surface area contributed by atoms with Crippen LogP contribution in [0.3, 0.4) is 0 Å². The molecule has 0 amide bonds. The van der Waals surface area contributed by atoms with Crippen LogP contribution in [0.15, 0.2) is 12.3 Å². The number of rotatable bonds is 6. The minimum absolute atomic E-state index is 0.637. The Bertz CT molecular complexity index is 456. The van der Waals surface area contributed by atoms with E-state index in [1.165, 1.54) is 45.4 Å². The molecule has 1 aromatic rings. The van der Waals surface area contributed by atoms with Crippen LogP contribution in [0.4, 0.5) is 5.95 Å². The summed E-state index contributed by atoms with van der Waals surface area (Å²) >= 11 is 0. The Hall–Kier alpha value is -1.40. The first kappa shape index (κ1) is 15.5. The van der Waals surface area contributed by atoms with Crippen molar-refractivity contribution in [2.45, 2.75) is 19.3 Å². The summed E-state index contributed by atoms with van der Waals surface area (Å²) in [5.74, 6) is 1.43. The molecule has 6 heteroatoms. The van der Waals surface area contributed by atoms with Crippen LogP contribution < -0.4 is 9.64 Å². The van der Waals surface area contributed by atoms with E-state index in [1.807, 2.05) is 0 Å². The Morgan fingerprint density at radius 3 is 2.36 bits per heavy atom. The topological polar surface area (TPSA) is 44.7 Å². The second-order valence-electron chi connectivity index (χ2n) is 6.13. The van der Waals surface area contributed by atoms with Gasteiger partial charge in [-0.05, 0) is 45.4 Å². The Morgan fingerprint density at radius 2 is 1.68 bits per heavy atom. The molecule has 1 aromatic heterocycles. The van der Waals surface area contributed by atoms with Gasteiger partial charge >= 0.3 is 0 Å². The highest BCUT2D eigenvalue weighted by Crippen LogP contribution is 2.15. The molecule has 2 aliphatic rings. The zero-order valence-corrected chi connectivity index (χ0v) is 13.6. The minimum Gasteiger partial charge on any atom is -0.481 e. The maximum Gasteiger partial charge on any atom is 0.228 e. The predicted octanol–water partition coefficient (Wildman–Crippen LogP) is 1.09. The molecule has 0 saturated carbocycles. The summed E-state index contributed by atoms with van der Waals surface area (Å²) in [6.45, 7) is 9.28. The number of piperazine rings is 1. The average Bonchev–Trinajstić information content (AvgIpc) is 3.09. The van der Waals surface area contributed by atoms with Gasteiger partial charge in [0.05, 0.1) is 7.11 Å². The predicted molar refractivity (Wildman–Crippen MR) is 87.5 cm³/mol. The van der Waals surface area contributed by atoms with Crippen LogP contribution in [0.2, 0.25) is 0 Å². The quantitative estimate of drug-likeness (QED) is 0.784. The lowest BCUT2D eigenvalue weighted by molar-refractivity contribution is 0.233. The number of anilines is 1. The second-order valence-corrected chi connectivity index (χ2v) is 6.13. The van der Waals surface area contributed by atoms with Crippen molar-refractivity contribution >= 4 is 5.95 Å². The summed E-state index contributed by atoms with van der Waals surface area (Å²) in [5, 5.41) is 0. The molecule has 0 N–H and O–H groups in total. The Balaban J connectivity index is 1.39. The highest BCUT2D eigenvalue weighted by molar-refractivity contribution is 5.32. The van der Waals surface area contributed by atoms with E-state index in [0.717, 1.165) is 32.1 Å². The summed E-state index contributed by atoms with van der Waals surface area (Å²) in [6.07, 6.45) is 5.83. The smallest absolute Gasteiger partial charge is 0.228 e. The van der Waals surface area contributed by atoms with Crippen LogP contribution in [-0.2, 0) is 0 Å². The fourth-order valence-corrected chi connectivity index (χ4v) is 3.29. The summed E-state index contributed by atoms with van der Waals surface area (Å²) in [4.78, 5) is 16.2. The Morgan fingerprint density at radius 1 is 1.00 bits per heavy atom. The molecule has 122 valence electrons. The third-order valence-electron chi connectivity index (χ3n) is 4.63. The van der Waals surface area contributed by atoms with Crippen LogP contribution in [0.5, 0.6) is 5.88 Å². The summed E-state index contributed by atoms with van der Waals surface area (Å²) in [6, 6.07) is 1.79. The molecule has 0 radical (unpaired) electrons. The average molecular weight is 305 g/mol. The third-order valence-corrected chi connectivity index (χ3v) is 4.63. The number of nitrogens with zero attached hydrogens (tertiary/aromatic N) is 5. The van der Waals surface area contributed by atoms with Gasteiger partial charge in [-0.1, -0.05) is 0 Å². The van der Waals surface area contributed by atoms with E-state index in [4.69, 9.17) is 4.74 Å². The molecular weight excluding hydrogens is 278 g/mol. The van der Waals surface area contributed by atoms with E-state index in [1.54, 1.807) is 19.4 Å². The van der Waals surface area contributed by atoms with E-state index in [0.29, 0.717) is 5.88 Å². The van der Waals surface area contributed by atoms with E-state index in [2.05, 4.69) is 24.7 Å². The molecule has 2 fully saturated rings. The van der Waals surface area contributed by atoms with Gasteiger partial charge in [0.2, 0.25) is 11.8 Å². The first-order valence-corrected chi connectivity index (χ1v) is 8.42. The van der Waals surface area contributed by atoms with Gasteiger partial charge in [0.25, 0.3) is 0 Å². The highest BCUT2D eigenvalue weighted by atomic mass is 16.5. The number of methoxy groups -OCH3 is 1. The monoisotopic (exact) mass is 305 g/mol. The first-order chi connectivity index (χ1) is 10.8. The summed E-state index contributed by atoms with van der Waals surface area (Å²) in [5.41, 5.74) is 0. The van der Waals surface area contributed by atoms with Crippen LogP contribution in [0.1, 0.15) is 19.3 Å². The number of hydrogen-bond acceptors (Lipinski definition) is 6. The van der Waals surface area contributed by atoms with E-state index < -0.39 is 0 Å². The molecule has 3 heterocycles. The van der Waals surface area contributed by atoms with Gasteiger partial charge in [0.1, 0.15) is 0 Å². The number of hydrogen-bond donors (Lipinski definition) is 0. The fourth-order valence-electron chi connectivity index (χ4n) is 3.29. The number of likely N-dealkylation sites (tertiary alicyclic amines) is 1. The normalized spacial score (nSPS) is 20.5. The third kappa shape index (κ3) is 4.08. The molecule has 0 unspecified atom stereocenters. The van der Waals surface area contributed by atoms with Crippen molar-refractivity contribution in [2.75, 3.05) is 64.4 Å². The lowest BCUT2D eigenvalue weighted by Gasteiger charge is -2.35. The molecule has 0 aromatic carbocycles. The molecular formula is C16H27N5O. The largest absolute Gasteiger partial charge is 0.481 e. The number of aromatic nitrogens is 2. The van der Waals surface area contributed by atoms with Crippen LogP contribution in [-0.4, -0.2) is 79.2 Å². The molecule has 0 spiro atoms. The van der Waals surface area contributed by atoms with Crippen molar-refractivity contribution in [3.63, 3.8) is 0 Å². The minimum atomic E-state index is 0.637. The molecule has 2 aliphatic heterocycles. The maximum atomic E-state index is 5.18. The molecule has 0 aliphatic carbocycles. The van der Waals surface area contributed by atoms with Crippen molar-refractivity contribution in [3.8, 4) is 5.88 Å². The maximum absolute atomic E-state index is 5.18. The summed E-state index contributed by atoms with van der Waals surface area (Å²) < 4.78 is 5.18. The van der Waals surface area contributed by atoms with Gasteiger partial charge in [-0.3, -0.25) is 4.90 Å². The zero-order valence-electron chi connectivity index (χ0n) is 13.6. The lowest BCUT2D eigenvalue weighted by Crippen LogP contribution is -2.47. The first-order valence-electron chi connectivity index (χ1n) is 8.42. The van der Waals surface area contributed by atoms with Crippen LogP contribution >= 0.6 is 0 Å². The van der Waals surface area contributed by atoms with Gasteiger partial charge in [0, 0.05) is 38.4 Å². The molecule has 3 rings (SSSR count). The van der Waals surface area contributed by atoms with Crippen molar-refractivity contribution < 1.29 is 4.74 Å². The highest BCUT2D eigenvalue weighted by Gasteiger charge is 2.19.